The summed E-state index contributed by atoms with van der Waals surface area (Å²) in [5, 5.41) is 0. The second kappa shape index (κ2) is 4.65. The Morgan fingerprint density at radius 2 is 2.16 bits per heavy atom. The lowest BCUT2D eigenvalue weighted by atomic mass is 9.98. The summed E-state index contributed by atoms with van der Waals surface area (Å²) in [6, 6.07) is 7.98. The van der Waals surface area contributed by atoms with Gasteiger partial charge in [-0.3, -0.25) is 9.78 Å². The molecule has 0 atom stereocenters. The zero-order valence-corrected chi connectivity index (χ0v) is 9.97. The molecule has 1 aliphatic heterocycles. The molecule has 1 aromatic heterocycles. The minimum Gasteiger partial charge on any atom is -0.485 e. The molecule has 1 aliphatic rings. The monoisotopic (exact) mass is 255 g/mol. The van der Waals surface area contributed by atoms with Crippen molar-refractivity contribution in [3.63, 3.8) is 0 Å². The molecule has 19 heavy (non-hydrogen) atoms. The van der Waals surface area contributed by atoms with E-state index in [-0.39, 0.29) is 23.7 Å². The van der Waals surface area contributed by atoms with Crippen LogP contribution in [-0.2, 0) is 0 Å². The maximum Gasteiger partial charge on any atom is 0.196 e. The third-order valence-electron chi connectivity index (χ3n) is 2.90. The number of ether oxygens (including phenoxy) is 1. The van der Waals surface area contributed by atoms with Gasteiger partial charge in [-0.15, -0.1) is 0 Å². The zero-order valence-electron chi connectivity index (χ0n) is 9.97. The van der Waals surface area contributed by atoms with Crippen LogP contribution in [0.25, 0.3) is 6.08 Å². The van der Waals surface area contributed by atoms with E-state index >= 15 is 0 Å². The highest BCUT2D eigenvalue weighted by Crippen LogP contribution is 2.30. The third-order valence-corrected chi connectivity index (χ3v) is 2.90. The first-order valence-corrected chi connectivity index (χ1v) is 5.82. The molecule has 2 heterocycles. The Balaban J connectivity index is 2.01. The van der Waals surface area contributed by atoms with Crippen LogP contribution in [0.3, 0.4) is 0 Å². The van der Waals surface area contributed by atoms with Crippen LogP contribution in [-0.4, -0.2) is 17.4 Å². The highest BCUT2D eigenvalue weighted by molar-refractivity contribution is 6.14. The maximum absolute atomic E-state index is 13.5. The number of para-hydroxylation sites is 1. The van der Waals surface area contributed by atoms with Crippen molar-refractivity contribution in [2.24, 2.45) is 0 Å². The smallest absolute Gasteiger partial charge is 0.196 e. The SMILES string of the molecule is O=C1/C(=C\c2cccnc2)COc2c(F)cccc21. The molecule has 3 rings (SSSR count). The molecule has 2 aromatic rings. The van der Waals surface area contributed by atoms with Crippen LogP contribution in [0.5, 0.6) is 5.75 Å². The summed E-state index contributed by atoms with van der Waals surface area (Å²) >= 11 is 0. The van der Waals surface area contributed by atoms with Gasteiger partial charge in [0.25, 0.3) is 0 Å². The molecule has 0 fully saturated rings. The van der Waals surface area contributed by atoms with Gasteiger partial charge in [0.1, 0.15) is 6.61 Å². The summed E-state index contributed by atoms with van der Waals surface area (Å²) in [5.74, 6) is -0.674. The molecular weight excluding hydrogens is 245 g/mol. The first kappa shape index (κ1) is 11.6. The van der Waals surface area contributed by atoms with Gasteiger partial charge in [-0.25, -0.2) is 4.39 Å². The van der Waals surface area contributed by atoms with E-state index in [1.54, 1.807) is 30.6 Å². The van der Waals surface area contributed by atoms with Gasteiger partial charge in [0.2, 0.25) is 0 Å². The van der Waals surface area contributed by atoms with Crippen molar-refractivity contribution in [2.45, 2.75) is 0 Å². The summed E-state index contributed by atoms with van der Waals surface area (Å²) in [7, 11) is 0. The second-order valence-corrected chi connectivity index (χ2v) is 4.19. The second-order valence-electron chi connectivity index (χ2n) is 4.19. The van der Waals surface area contributed by atoms with Gasteiger partial charge >= 0.3 is 0 Å². The molecule has 94 valence electrons. The van der Waals surface area contributed by atoms with Crippen LogP contribution < -0.4 is 4.74 Å². The standard InChI is InChI=1S/C15H10FNO2/c16-13-5-1-4-12-14(18)11(9-19-15(12)13)7-10-3-2-6-17-8-10/h1-8H,9H2/b11-7-. The average Bonchev–Trinajstić information content (AvgIpc) is 2.44. The molecule has 0 amide bonds. The number of pyridine rings is 1. The number of halogens is 1. The number of benzene rings is 1. The van der Waals surface area contributed by atoms with E-state index in [2.05, 4.69) is 4.98 Å². The Kier molecular flexibility index (Phi) is 2.83. The minimum absolute atomic E-state index is 0.0378. The fraction of sp³-hybridized carbons (Fsp3) is 0.0667. The molecule has 4 heteroatoms. The van der Waals surface area contributed by atoms with Crippen molar-refractivity contribution in [3.05, 3.63) is 65.2 Å². The number of carbonyl (C=O) groups excluding carboxylic acids is 1. The van der Waals surface area contributed by atoms with Crippen molar-refractivity contribution in [1.82, 2.24) is 4.98 Å². The predicted molar refractivity (Wildman–Crippen MR) is 68.4 cm³/mol. The summed E-state index contributed by atoms with van der Waals surface area (Å²) in [6.07, 6.45) is 5.02. The van der Waals surface area contributed by atoms with Gasteiger partial charge in [0.05, 0.1) is 5.56 Å². The van der Waals surface area contributed by atoms with Crippen LogP contribution in [0, 0.1) is 5.82 Å². The van der Waals surface area contributed by atoms with Crippen molar-refractivity contribution in [1.29, 1.82) is 0 Å². The van der Waals surface area contributed by atoms with E-state index in [1.807, 2.05) is 6.07 Å². The van der Waals surface area contributed by atoms with Gasteiger partial charge in [-0.05, 0) is 29.8 Å². The number of hydrogen-bond acceptors (Lipinski definition) is 3. The Morgan fingerprint density at radius 3 is 2.95 bits per heavy atom. The average molecular weight is 255 g/mol. The van der Waals surface area contributed by atoms with Crippen LogP contribution in [0.1, 0.15) is 15.9 Å². The lowest BCUT2D eigenvalue weighted by Crippen LogP contribution is -2.19. The fourth-order valence-electron chi connectivity index (χ4n) is 1.99. The van der Waals surface area contributed by atoms with Crippen LogP contribution in [0.4, 0.5) is 4.39 Å². The predicted octanol–water partition coefficient (Wildman–Crippen LogP) is 2.88. The van der Waals surface area contributed by atoms with E-state index in [4.69, 9.17) is 4.74 Å². The summed E-state index contributed by atoms with van der Waals surface area (Å²) < 4.78 is 18.8. The Labute approximate surface area is 109 Å². The normalized spacial score (nSPS) is 16.1. The highest BCUT2D eigenvalue weighted by Gasteiger charge is 2.25. The number of aromatic nitrogens is 1. The summed E-state index contributed by atoms with van der Waals surface area (Å²) in [5.41, 5.74) is 1.57. The number of nitrogens with zero attached hydrogens (tertiary/aromatic N) is 1. The van der Waals surface area contributed by atoms with Gasteiger partial charge in [0.15, 0.2) is 17.3 Å². The summed E-state index contributed by atoms with van der Waals surface area (Å²) in [4.78, 5) is 16.2. The first-order valence-electron chi connectivity index (χ1n) is 5.82. The first-order chi connectivity index (χ1) is 9.25. The van der Waals surface area contributed by atoms with Crippen LogP contribution in [0.15, 0.2) is 48.3 Å². The molecule has 0 bridgehead atoms. The van der Waals surface area contributed by atoms with Gasteiger partial charge < -0.3 is 4.74 Å². The van der Waals surface area contributed by atoms with Crippen molar-refractivity contribution in [2.75, 3.05) is 6.61 Å². The highest BCUT2D eigenvalue weighted by atomic mass is 19.1. The lowest BCUT2D eigenvalue weighted by molar-refractivity contribution is 0.0998. The van der Waals surface area contributed by atoms with Gasteiger partial charge in [0, 0.05) is 18.0 Å². The third kappa shape index (κ3) is 2.12. The Morgan fingerprint density at radius 1 is 1.26 bits per heavy atom. The molecule has 3 nitrogen and oxygen atoms in total. The van der Waals surface area contributed by atoms with E-state index in [0.29, 0.717) is 5.57 Å². The largest absolute Gasteiger partial charge is 0.485 e. The molecule has 0 spiro atoms. The quantitative estimate of drug-likeness (QED) is 0.735. The number of Topliss-reactive ketones (excluding diaryl/α,β-unsaturated/α-hetero) is 1. The summed E-state index contributed by atoms with van der Waals surface area (Å²) in [6.45, 7) is 0.0711. The molecule has 0 saturated carbocycles. The van der Waals surface area contributed by atoms with Gasteiger partial charge in [-0.1, -0.05) is 12.1 Å². The molecule has 0 aliphatic carbocycles. The van der Waals surface area contributed by atoms with E-state index in [0.717, 1.165) is 5.56 Å². The molecule has 0 saturated heterocycles. The van der Waals surface area contributed by atoms with E-state index in [9.17, 15) is 9.18 Å². The topological polar surface area (TPSA) is 39.2 Å². The van der Waals surface area contributed by atoms with Crippen LogP contribution in [0.2, 0.25) is 0 Å². The lowest BCUT2D eigenvalue weighted by Gasteiger charge is -2.19. The number of rotatable bonds is 1. The van der Waals surface area contributed by atoms with Crippen molar-refractivity contribution < 1.29 is 13.9 Å². The van der Waals surface area contributed by atoms with Crippen molar-refractivity contribution >= 4 is 11.9 Å². The number of hydrogen-bond donors (Lipinski definition) is 0. The Hall–Kier alpha value is -2.49. The van der Waals surface area contributed by atoms with E-state index in [1.165, 1.54) is 12.1 Å². The Bertz CT molecular complexity index is 665. The number of ketones is 1. The van der Waals surface area contributed by atoms with Gasteiger partial charge in [-0.2, -0.15) is 0 Å². The number of fused-ring (bicyclic) bond motifs is 1. The zero-order chi connectivity index (χ0) is 13.2. The number of carbonyl (C=O) groups is 1. The molecular formula is C15H10FNO2. The van der Waals surface area contributed by atoms with E-state index < -0.39 is 5.82 Å². The van der Waals surface area contributed by atoms with Crippen molar-refractivity contribution in [3.8, 4) is 5.75 Å². The maximum atomic E-state index is 13.5. The van der Waals surface area contributed by atoms with Crippen LogP contribution >= 0.6 is 0 Å². The molecule has 0 unspecified atom stereocenters. The minimum atomic E-state index is -0.508. The molecule has 0 N–H and O–H groups in total. The molecule has 0 radical (unpaired) electrons. The molecule has 1 aromatic carbocycles. The fourth-order valence-corrected chi connectivity index (χ4v) is 1.99.